The first-order valence-electron chi connectivity index (χ1n) is 8.18. The fraction of sp³-hybridized carbons (Fsp3) is 0.611. The lowest BCUT2D eigenvalue weighted by Crippen LogP contribution is -2.42. The van der Waals surface area contributed by atoms with E-state index in [1.165, 1.54) is 11.1 Å². The minimum atomic E-state index is -0.647. The Kier molecular flexibility index (Phi) is 5.80. The normalized spacial score (nSPS) is 23.1. The highest BCUT2D eigenvalue weighted by Crippen LogP contribution is 2.30. The van der Waals surface area contributed by atoms with E-state index >= 15 is 0 Å². The van der Waals surface area contributed by atoms with Crippen molar-refractivity contribution in [2.45, 2.75) is 45.4 Å². The maximum atomic E-state index is 11.4. The van der Waals surface area contributed by atoms with Gasteiger partial charge in [0.1, 0.15) is 0 Å². The van der Waals surface area contributed by atoms with Gasteiger partial charge in [-0.2, -0.15) is 0 Å². The molecule has 1 aromatic rings. The molecule has 116 valence electrons. The zero-order valence-electron chi connectivity index (χ0n) is 13.2. The number of aliphatic carboxylic acids is 1. The lowest BCUT2D eigenvalue weighted by atomic mass is 9.84. The second-order valence-electron chi connectivity index (χ2n) is 6.18. The molecule has 3 nitrogen and oxygen atoms in total. The molecule has 1 saturated heterocycles. The fourth-order valence-electron chi connectivity index (χ4n) is 3.20. The standard InChI is InChI=1S/C18H27NO2/c1-3-5-10-19-12-16(11-17(13-19)18(20)21)15-8-6-14(4-2)7-9-15/h6-9,16-17H,3-5,10-13H2,1-2H3,(H,20,21). The number of unbranched alkanes of at least 4 members (excludes halogenated alkanes) is 1. The maximum absolute atomic E-state index is 11.4. The van der Waals surface area contributed by atoms with Crippen molar-refractivity contribution in [3.63, 3.8) is 0 Å². The number of carboxylic acids is 1. The monoisotopic (exact) mass is 289 g/mol. The Labute approximate surface area is 128 Å². The molecule has 1 fully saturated rings. The van der Waals surface area contributed by atoms with E-state index in [0.29, 0.717) is 12.5 Å². The quantitative estimate of drug-likeness (QED) is 0.871. The molecule has 2 atom stereocenters. The predicted molar refractivity (Wildman–Crippen MR) is 85.7 cm³/mol. The molecule has 0 aromatic heterocycles. The van der Waals surface area contributed by atoms with Gasteiger partial charge in [-0.25, -0.2) is 0 Å². The van der Waals surface area contributed by atoms with Crippen molar-refractivity contribution >= 4 is 5.97 Å². The number of piperidine rings is 1. The first-order chi connectivity index (χ1) is 10.1. The molecule has 1 aromatic carbocycles. The number of hydrogen-bond acceptors (Lipinski definition) is 2. The van der Waals surface area contributed by atoms with E-state index in [1.807, 2.05) is 0 Å². The van der Waals surface area contributed by atoms with E-state index in [1.54, 1.807) is 0 Å². The minimum Gasteiger partial charge on any atom is -0.481 e. The Balaban J connectivity index is 2.10. The van der Waals surface area contributed by atoms with Crippen LogP contribution in [0.5, 0.6) is 0 Å². The summed E-state index contributed by atoms with van der Waals surface area (Å²) in [4.78, 5) is 13.8. The van der Waals surface area contributed by atoms with Crippen LogP contribution in [0.2, 0.25) is 0 Å². The molecule has 3 heteroatoms. The van der Waals surface area contributed by atoms with E-state index in [0.717, 1.165) is 38.8 Å². The molecule has 0 radical (unpaired) electrons. The summed E-state index contributed by atoms with van der Waals surface area (Å²) < 4.78 is 0. The highest BCUT2D eigenvalue weighted by Gasteiger charge is 2.31. The van der Waals surface area contributed by atoms with Gasteiger partial charge in [0.15, 0.2) is 0 Å². The van der Waals surface area contributed by atoms with E-state index in [9.17, 15) is 9.90 Å². The number of aryl methyl sites for hydroxylation is 1. The van der Waals surface area contributed by atoms with Crippen LogP contribution >= 0.6 is 0 Å². The second kappa shape index (κ2) is 7.60. The SMILES string of the molecule is CCCCN1CC(C(=O)O)CC(c2ccc(CC)cc2)C1. The summed E-state index contributed by atoms with van der Waals surface area (Å²) in [6, 6.07) is 8.73. The van der Waals surface area contributed by atoms with E-state index in [4.69, 9.17) is 0 Å². The van der Waals surface area contributed by atoms with Gasteiger partial charge >= 0.3 is 5.97 Å². The molecular formula is C18H27NO2. The molecule has 2 unspecified atom stereocenters. The summed E-state index contributed by atoms with van der Waals surface area (Å²) in [5.41, 5.74) is 2.63. The third-order valence-electron chi connectivity index (χ3n) is 4.56. The van der Waals surface area contributed by atoms with Crippen LogP contribution in [0.25, 0.3) is 0 Å². The number of rotatable bonds is 6. The number of hydrogen-bond donors (Lipinski definition) is 1. The summed E-state index contributed by atoms with van der Waals surface area (Å²) >= 11 is 0. The number of nitrogens with zero attached hydrogens (tertiary/aromatic N) is 1. The fourth-order valence-corrected chi connectivity index (χ4v) is 3.20. The molecule has 0 spiro atoms. The predicted octanol–water partition coefficient (Wildman–Crippen LogP) is 3.54. The third kappa shape index (κ3) is 4.31. The average molecular weight is 289 g/mol. The highest BCUT2D eigenvalue weighted by molar-refractivity contribution is 5.70. The second-order valence-corrected chi connectivity index (χ2v) is 6.18. The van der Waals surface area contributed by atoms with Crippen molar-refractivity contribution in [2.75, 3.05) is 19.6 Å². The number of likely N-dealkylation sites (tertiary alicyclic amines) is 1. The van der Waals surface area contributed by atoms with Crippen LogP contribution in [-0.4, -0.2) is 35.6 Å². The van der Waals surface area contributed by atoms with Crippen molar-refractivity contribution in [3.8, 4) is 0 Å². The highest BCUT2D eigenvalue weighted by atomic mass is 16.4. The first kappa shape index (κ1) is 16.0. The zero-order valence-corrected chi connectivity index (χ0v) is 13.2. The average Bonchev–Trinajstić information content (AvgIpc) is 2.52. The Morgan fingerprint density at radius 3 is 2.52 bits per heavy atom. The van der Waals surface area contributed by atoms with E-state index in [2.05, 4.69) is 43.0 Å². The van der Waals surface area contributed by atoms with Gasteiger partial charge < -0.3 is 10.0 Å². The Morgan fingerprint density at radius 2 is 1.95 bits per heavy atom. The van der Waals surface area contributed by atoms with Gasteiger partial charge in [-0.05, 0) is 42.9 Å². The Bertz CT molecular complexity index is 455. The molecule has 0 amide bonds. The molecular weight excluding hydrogens is 262 g/mol. The molecule has 0 saturated carbocycles. The maximum Gasteiger partial charge on any atom is 0.307 e. The van der Waals surface area contributed by atoms with Crippen LogP contribution in [0.1, 0.15) is 50.2 Å². The third-order valence-corrected chi connectivity index (χ3v) is 4.56. The van der Waals surface area contributed by atoms with Crippen molar-refractivity contribution in [2.24, 2.45) is 5.92 Å². The van der Waals surface area contributed by atoms with Crippen molar-refractivity contribution in [3.05, 3.63) is 35.4 Å². The molecule has 0 bridgehead atoms. The summed E-state index contributed by atoms with van der Waals surface area (Å²) in [7, 11) is 0. The first-order valence-corrected chi connectivity index (χ1v) is 8.18. The van der Waals surface area contributed by atoms with Crippen LogP contribution in [0.3, 0.4) is 0 Å². The molecule has 2 rings (SSSR count). The van der Waals surface area contributed by atoms with Gasteiger partial charge in [0.05, 0.1) is 5.92 Å². The summed E-state index contributed by atoms with van der Waals surface area (Å²) in [6.07, 6.45) is 4.12. The van der Waals surface area contributed by atoms with E-state index < -0.39 is 5.97 Å². The lowest BCUT2D eigenvalue weighted by Gasteiger charge is -2.36. The van der Waals surface area contributed by atoms with Gasteiger partial charge in [0.25, 0.3) is 0 Å². The Morgan fingerprint density at radius 1 is 1.24 bits per heavy atom. The summed E-state index contributed by atoms with van der Waals surface area (Å²) in [5.74, 6) is -0.527. The van der Waals surface area contributed by atoms with Gasteiger partial charge in [-0.1, -0.05) is 44.5 Å². The zero-order chi connectivity index (χ0) is 15.2. The smallest absolute Gasteiger partial charge is 0.307 e. The minimum absolute atomic E-state index is 0.230. The molecule has 21 heavy (non-hydrogen) atoms. The molecule has 1 heterocycles. The van der Waals surface area contributed by atoms with Gasteiger partial charge in [-0.15, -0.1) is 0 Å². The van der Waals surface area contributed by atoms with Crippen LogP contribution in [0, 0.1) is 5.92 Å². The van der Waals surface area contributed by atoms with Crippen molar-refractivity contribution in [1.29, 1.82) is 0 Å². The number of carboxylic acid groups (broad SMARTS) is 1. The lowest BCUT2D eigenvalue weighted by molar-refractivity contribution is -0.143. The number of benzene rings is 1. The Hall–Kier alpha value is -1.35. The van der Waals surface area contributed by atoms with Gasteiger partial charge in [-0.3, -0.25) is 4.79 Å². The topological polar surface area (TPSA) is 40.5 Å². The molecule has 1 N–H and O–H groups in total. The van der Waals surface area contributed by atoms with Crippen LogP contribution in [-0.2, 0) is 11.2 Å². The van der Waals surface area contributed by atoms with Crippen molar-refractivity contribution in [1.82, 2.24) is 4.90 Å². The van der Waals surface area contributed by atoms with Gasteiger partial charge in [0, 0.05) is 13.1 Å². The van der Waals surface area contributed by atoms with Crippen LogP contribution in [0.15, 0.2) is 24.3 Å². The van der Waals surface area contributed by atoms with Gasteiger partial charge in [0.2, 0.25) is 0 Å². The molecule has 1 aliphatic rings. The van der Waals surface area contributed by atoms with Crippen molar-refractivity contribution < 1.29 is 9.90 Å². The molecule has 1 aliphatic heterocycles. The molecule has 0 aliphatic carbocycles. The van der Waals surface area contributed by atoms with Crippen LogP contribution in [0.4, 0.5) is 0 Å². The largest absolute Gasteiger partial charge is 0.481 e. The summed E-state index contributed by atoms with van der Waals surface area (Å²) in [5, 5.41) is 9.40. The summed E-state index contributed by atoms with van der Waals surface area (Å²) in [6.45, 7) is 7.06. The van der Waals surface area contributed by atoms with Crippen LogP contribution < -0.4 is 0 Å². The number of carbonyl (C=O) groups is 1. The van der Waals surface area contributed by atoms with E-state index in [-0.39, 0.29) is 5.92 Å².